The third-order valence-electron chi connectivity index (χ3n) is 4.02. The number of hydrogen-bond donors (Lipinski definition) is 3. The van der Waals surface area contributed by atoms with E-state index in [4.69, 9.17) is 17.0 Å². The van der Waals surface area contributed by atoms with Crippen molar-refractivity contribution in [3.63, 3.8) is 0 Å². The maximum absolute atomic E-state index is 12.1. The molecule has 0 saturated heterocycles. The number of thiocarbonyl (C=S) groups is 1. The highest BCUT2D eigenvalue weighted by atomic mass is 32.1. The van der Waals surface area contributed by atoms with Crippen LogP contribution in [-0.4, -0.2) is 28.1 Å². The van der Waals surface area contributed by atoms with Gasteiger partial charge in [-0.15, -0.1) is 0 Å². The Labute approximate surface area is 163 Å². The molecule has 0 spiro atoms. The number of H-pyrrole nitrogens is 1. The van der Waals surface area contributed by atoms with Crippen LogP contribution >= 0.6 is 12.2 Å². The van der Waals surface area contributed by atoms with Gasteiger partial charge in [0.1, 0.15) is 11.6 Å². The number of nitrogens with zero attached hydrogens (tertiary/aromatic N) is 1. The van der Waals surface area contributed by atoms with Gasteiger partial charge in [-0.25, -0.2) is 4.98 Å². The molecule has 0 aliphatic carbocycles. The second kappa shape index (κ2) is 7.36. The molecule has 7 heteroatoms. The SMILES string of the molecule is COc1ccc(-c2nc3ccccc3[nH]2)cc1NC(=S)NC(=O)C(C)(C)C. The number of benzene rings is 2. The Kier molecular flexibility index (Phi) is 5.14. The van der Waals surface area contributed by atoms with E-state index in [1.54, 1.807) is 7.11 Å². The zero-order valence-corrected chi connectivity index (χ0v) is 16.5. The quantitative estimate of drug-likeness (QED) is 0.595. The van der Waals surface area contributed by atoms with Gasteiger partial charge >= 0.3 is 0 Å². The van der Waals surface area contributed by atoms with Gasteiger partial charge in [0, 0.05) is 11.0 Å². The average Bonchev–Trinajstić information content (AvgIpc) is 3.05. The molecule has 6 nitrogen and oxygen atoms in total. The van der Waals surface area contributed by atoms with E-state index in [9.17, 15) is 4.79 Å². The molecule has 0 radical (unpaired) electrons. The number of rotatable bonds is 3. The van der Waals surface area contributed by atoms with E-state index >= 15 is 0 Å². The van der Waals surface area contributed by atoms with Gasteiger partial charge in [-0.05, 0) is 42.5 Å². The number of aromatic nitrogens is 2. The smallest absolute Gasteiger partial charge is 0.231 e. The lowest BCUT2D eigenvalue weighted by atomic mass is 9.96. The standard InChI is InChI=1S/C20H22N4O2S/c1-20(2,3)18(25)24-19(27)23-15-11-12(9-10-16(15)26-4)17-21-13-7-5-6-8-14(13)22-17/h5-11H,1-4H3,(H,21,22)(H2,23,24,25,27). The predicted molar refractivity (Wildman–Crippen MR) is 112 cm³/mol. The molecule has 0 bridgehead atoms. The lowest BCUT2D eigenvalue weighted by Crippen LogP contribution is -2.41. The number of amides is 1. The molecule has 1 heterocycles. The molecule has 0 atom stereocenters. The van der Waals surface area contributed by atoms with Crippen LogP contribution in [0.15, 0.2) is 42.5 Å². The van der Waals surface area contributed by atoms with Crippen molar-refractivity contribution in [2.24, 2.45) is 5.41 Å². The second-order valence-electron chi connectivity index (χ2n) is 7.18. The zero-order valence-electron chi connectivity index (χ0n) is 15.7. The summed E-state index contributed by atoms with van der Waals surface area (Å²) >= 11 is 5.28. The molecule has 3 rings (SSSR count). The molecular weight excluding hydrogens is 360 g/mol. The van der Waals surface area contributed by atoms with Crippen LogP contribution in [-0.2, 0) is 4.79 Å². The van der Waals surface area contributed by atoms with E-state index < -0.39 is 5.41 Å². The van der Waals surface area contributed by atoms with E-state index in [0.29, 0.717) is 11.4 Å². The van der Waals surface area contributed by atoms with Crippen molar-refractivity contribution in [1.82, 2.24) is 15.3 Å². The molecular formula is C20H22N4O2S. The van der Waals surface area contributed by atoms with Gasteiger partial charge in [0.25, 0.3) is 0 Å². The number of fused-ring (bicyclic) bond motifs is 1. The topological polar surface area (TPSA) is 79.0 Å². The Bertz CT molecular complexity index is 972. The number of carbonyl (C=O) groups excluding carboxylic acids is 1. The zero-order chi connectivity index (χ0) is 19.6. The van der Waals surface area contributed by atoms with Crippen molar-refractivity contribution < 1.29 is 9.53 Å². The molecule has 3 aromatic rings. The largest absolute Gasteiger partial charge is 0.495 e. The van der Waals surface area contributed by atoms with Crippen LogP contribution in [0.5, 0.6) is 5.75 Å². The Hall–Kier alpha value is -2.93. The summed E-state index contributed by atoms with van der Waals surface area (Å²) in [5.41, 5.74) is 2.84. The molecule has 3 N–H and O–H groups in total. The van der Waals surface area contributed by atoms with Crippen molar-refractivity contribution in [2.45, 2.75) is 20.8 Å². The summed E-state index contributed by atoms with van der Waals surface area (Å²) in [4.78, 5) is 20.0. The Morgan fingerprint density at radius 2 is 1.93 bits per heavy atom. The normalized spacial score (nSPS) is 11.3. The number of methoxy groups -OCH3 is 1. The summed E-state index contributed by atoms with van der Waals surface area (Å²) in [5, 5.41) is 5.96. The van der Waals surface area contributed by atoms with Gasteiger partial charge in [-0.1, -0.05) is 32.9 Å². The van der Waals surface area contributed by atoms with Crippen LogP contribution in [0.3, 0.4) is 0 Å². The van der Waals surface area contributed by atoms with Crippen molar-refractivity contribution >= 4 is 40.0 Å². The maximum Gasteiger partial charge on any atom is 0.231 e. The minimum atomic E-state index is -0.536. The molecule has 0 aliphatic heterocycles. The second-order valence-corrected chi connectivity index (χ2v) is 7.58. The van der Waals surface area contributed by atoms with Gasteiger partial charge in [0.15, 0.2) is 5.11 Å². The van der Waals surface area contributed by atoms with Crippen LogP contribution in [0.2, 0.25) is 0 Å². The minimum absolute atomic E-state index is 0.160. The monoisotopic (exact) mass is 382 g/mol. The number of para-hydroxylation sites is 2. The summed E-state index contributed by atoms with van der Waals surface area (Å²) < 4.78 is 5.40. The lowest BCUT2D eigenvalue weighted by Gasteiger charge is -2.19. The molecule has 0 fully saturated rings. The first kappa shape index (κ1) is 18.8. The maximum atomic E-state index is 12.1. The first-order valence-corrected chi connectivity index (χ1v) is 8.94. The predicted octanol–water partition coefficient (Wildman–Crippen LogP) is 4.10. The summed E-state index contributed by atoms with van der Waals surface area (Å²) in [5.74, 6) is 1.20. The lowest BCUT2D eigenvalue weighted by molar-refractivity contribution is -0.126. The number of hydrogen-bond acceptors (Lipinski definition) is 4. The van der Waals surface area contributed by atoms with Crippen molar-refractivity contribution in [2.75, 3.05) is 12.4 Å². The number of carbonyl (C=O) groups is 1. The number of nitrogens with one attached hydrogen (secondary N) is 3. The van der Waals surface area contributed by atoms with Gasteiger partial charge in [0.2, 0.25) is 5.91 Å². The van der Waals surface area contributed by atoms with Crippen LogP contribution in [0, 0.1) is 5.41 Å². The Morgan fingerprint density at radius 1 is 1.19 bits per heavy atom. The molecule has 2 aromatic carbocycles. The first-order valence-electron chi connectivity index (χ1n) is 8.53. The number of anilines is 1. The molecule has 0 unspecified atom stereocenters. The van der Waals surface area contributed by atoms with Crippen molar-refractivity contribution in [1.29, 1.82) is 0 Å². The fourth-order valence-corrected chi connectivity index (χ4v) is 2.69. The molecule has 27 heavy (non-hydrogen) atoms. The van der Waals surface area contributed by atoms with Gasteiger partial charge in [-0.2, -0.15) is 0 Å². The van der Waals surface area contributed by atoms with Crippen LogP contribution in [0.4, 0.5) is 5.69 Å². The summed E-state index contributed by atoms with van der Waals surface area (Å²) in [6.45, 7) is 5.48. The van der Waals surface area contributed by atoms with E-state index in [1.807, 2.05) is 63.2 Å². The van der Waals surface area contributed by atoms with Gasteiger partial charge in [-0.3, -0.25) is 4.79 Å². The third-order valence-corrected chi connectivity index (χ3v) is 4.22. The fraction of sp³-hybridized carbons (Fsp3) is 0.250. The number of ether oxygens (including phenoxy) is 1. The molecule has 1 aromatic heterocycles. The average molecular weight is 382 g/mol. The highest BCUT2D eigenvalue weighted by molar-refractivity contribution is 7.80. The Balaban J connectivity index is 1.87. The van der Waals surface area contributed by atoms with E-state index in [0.717, 1.165) is 22.4 Å². The van der Waals surface area contributed by atoms with Crippen LogP contribution in [0.1, 0.15) is 20.8 Å². The summed E-state index contributed by atoms with van der Waals surface area (Å²) in [7, 11) is 1.58. The van der Waals surface area contributed by atoms with E-state index in [-0.39, 0.29) is 11.0 Å². The van der Waals surface area contributed by atoms with Crippen molar-refractivity contribution in [3.05, 3.63) is 42.5 Å². The van der Waals surface area contributed by atoms with Crippen LogP contribution < -0.4 is 15.4 Å². The molecule has 1 amide bonds. The number of imidazole rings is 1. The summed E-state index contributed by atoms with van der Waals surface area (Å²) in [6, 6.07) is 13.5. The van der Waals surface area contributed by atoms with Gasteiger partial charge in [0.05, 0.1) is 23.8 Å². The first-order chi connectivity index (χ1) is 12.8. The fourth-order valence-electron chi connectivity index (χ4n) is 2.49. The van der Waals surface area contributed by atoms with Gasteiger partial charge < -0.3 is 20.4 Å². The molecule has 0 aliphatic rings. The third kappa shape index (κ3) is 4.25. The highest BCUT2D eigenvalue weighted by Crippen LogP contribution is 2.30. The van der Waals surface area contributed by atoms with Crippen molar-refractivity contribution in [3.8, 4) is 17.1 Å². The van der Waals surface area contributed by atoms with Crippen LogP contribution in [0.25, 0.3) is 22.4 Å². The van der Waals surface area contributed by atoms with E-state index in [2.05, 4.69) is 20.6 Å². The Morgan fingerprint density at radius 3 is 2.59 bits per heavy atom. The molecule has 0 saturated carbocycles. The number of aromatic amines is 1. The highest BCUT2D eigenvalue weighted by Gasteiger charge is 2.22. The molecule has 140 valence electrons. The summed E-state index contributed by atoms with van der Waals surface area (Å²) in [6.07, 6.45) is 0. The van der Waals surface area contributed by atoms with E-state index in [1.165, 1.54) is 0 Å². The minimum Gasteiger partial charge on any atom is -0.495 e.